The van der Waals surface area contributed by atoms with Crippen molar-refractivity contribution in [2.45, 2.75) is 71.4 Å². The number of aryl methyl sites for hydroxylation is 3. The Morgan fingerprint density at radius 1 is 1.19 bits per heavy atom. The third-order valence-corrected chi connectivity index (χ3v) is 6.12. The minimum atomic E-state index is 0.692. The molecule has 0 unspecified atom stereocenters. The smallest absolute Gasteiger partial charge is 0.191 e. The normalized spacial score (nSPS) is 16.5. The van der Waals surface area contributed by atoms with Gasteiger partial charge in [0.2, 0.25) is 0 Å². The van der Waals surface area contributed by atoms with Crippen LogP contribution in [0.1, 0.15) is 61.3 Å². The minimum absolute atomic E-state index is 0.692. The molecule has 168 valence electrons. The molecule has 2 aliphatic rings. The van der Waals surface area contributed by atoms with Crippen LogP contribution in [0.2, 0.25) is 0 Å². The highest BCUT2D eigenvalue weighted by Crippen LogP contribution is 2.30. The molecule has 1 fully saturated rings. The van der Waals surface area contributed by atoms with Crippen LogP contribution in [-0.4, -0.2) is 40.9 Å². The highest BCUT2D eigenvalue weighted by atomic mass is 16.5. The first kappa shape index (κ1) is 21.7. The highest BCUT2D eigenvalue weighted by Gasteiger charge is 2.22. The molecule has 0 radical (unpaired) electrons. The Kier molecular flexibility index (Phi) is 7.43. The molecule has 0 bridgehead atoms. The lowest BCUT2D eigenvalue weighted by Crippen LogP contribution is -2.37. The monoisotopic (exact) mass is 424 g/mol. The minimum Gasteiger partial charge on any atom is -0.493 e. The average Bonchev–Trinajstić information content (AvgIpc) is 3.57. The number of rotatable bonds is 9. The lowest BCUT2D eigenvalue weighted by Gasteiger charge is -2.15. The zero-order valence-corrected chi connectivity index (χ0v) is 19.0. The zero-order valence-electron chi connectivity index (χ0n) is 19.0. The Morgan fingerprint density at radius 2 is 2.10 bits per heavy atom. The summed E-state index contributed by atoms with van der Waals surface area (Å²) in [6, 6.07) is 6.42. The number of hydrogen-bond donors (Lipinski definition) is 2. The van der Waals surface area contributed by atoms with E-state index >= 15 is 0 Å². The molecule has 1 aliphatic carbocycles. The Morgan fingerprint density at radius 3 is 2.94 bits per heavy atom. The second-order valence-corrected chi connectivity index (χ2v) is 8.82. The summed E-state index contributed by atoms with van der Waals surface area (Å²) in [6.45, 7) is 5.54. The van der Waals surface area contributed by atoms with E-state index in [-0.39, 0.29) is 0 Å². The first-order chi connectivity index (χ1) is 15.2. The van der Waals surface area contributed by atoms with Crippen LogP contribution < -0.4 is 15.4 Å². The third-order valence-electron chi connectivity index (χ3n) is 6.12. The van der Waals surface area contributed by atoms with E-state index in [9.17, 15) is 0 Å². The summed E-state index contributed by atoms with van der Waals surface area (Å²) < 4.78 is 8.42. The third kappa shape index (κ3) is 6.21. The maximum Gasteiger partial charge on any atom is 0.191 e. The molecule has 2 N–H and O–H groups in total. The topological polar surface area (TPSA) is 76.4 Å². The van der Waals surface area contributed by atoms with Gasteiger partial charge in [-0.3, -0.25) is 4.99 Å². The number of ether oxygens (including phenoxy) is 1. The van der Waals surface area contributed by atoms with E-state index in [4.69, 9.17) is 4.74 Å². The van der Waals surface area contributed by atoms with Crippen molar-refractivity contribution in [2.75, 3.05) is 20.2 Å². The van der Waals surface area contributed by atoms with Crippen molar-refractivity contribution in [3.8, 4) is 5.75 Å². The molecular formula is C24H36N6O. The molecule has 7 nitrogen and oxygen atoms in total. The quantitative estimate of drug-likeness (QED) is 0.367. The van der Waals surface area contributed by atoms with Crippen LogP contribution in [0.25, 0.3) is 0 Å². The molecular weight excluding hydrogens is 388 g/mol. The van der Waals surface area contributed by atoms with E-state index in [0.717, 1.165) is 68.2 Å². The molecule has 0 atom stereocenters. The van der Waals surface area contributed by atoms with Crippen LogP contribution in [0.4, 0.5) is 0 Å². The molecule has 7 heteroatoms. The lowest BCUT2D eigenvalue weighted by atomic mass is 10.1. The molecule has 0 saturated heterocycles. The van der Waals surface area contributed by atoms with E-state index in [0.29, 0.717) is 6.54 Å². The summed E-state index contributed by atoms with van der Waals surface area (Å²) in [6.07, 6.45) is 9.36. The summed E-state index contributed by atoms with van der Waals surface area (Å²) in [4.78, 5) is 4.37. The van der Waals surface area contributed by atoms with Crippen molar-refractivity contribution in [3.63, 3.8) is 0 Å². The molecule has 1 aromatic carbocycles. The number of benzene rings is 1. The van der Waals surface area contributed by atoms with Crippen molar-refractivity contribution in [2.24, 2.45) is 10.9 Å². The van der Waals surface area contributed by atoms with E-state index in [1.54, 1.807) is 0 Å². The summed E-state index contributed by atoms with van der Waals surface area (Å²) in [5.74, 6) is 4.83. The Balaban J connectivity index is 1.23. The number of aromatic nitrogens is 3. The number of hydrogen-bond acceptors (Lipinski definition) is 4. The van der Waals surface area contributed by atoms with Gasteiger partial charge in [0.15, 0.2) is 5.96 Å². The summed E-state index contributed by atoms with van der Waals surface area (Å²) in [7, 11) is 1.81. The molecule has 0 amide bonds. The van der Waals surface area contributed by atoms with Gasteiger partial charge in [0.25, 0.3) is 0 Å². The van der Waals surface area contributed by atoms with Gasteiger partial charge >= 0.3 is 0 Å². The van der Waals surface area contributed by atoms with Crippen LogP contribution in [0.3, 0.4) is 0 Å². The van der Waals surface area contributed by atoms with Gasteiger partial charge in [-0.25, -0.2) is 0 Å². The first-order valence-corrected chi connectivity index (χ1v) is 11.8. The van der Waals surface area contributed by atoms with Gasteiger partial charge in [0, 0.05) is 45.1 Å². The first-order valence-electron chi connectivity index (χ1n) is 11.8. The van der Waals surface area contributed by atoms with E-state index < -0.39 is 0 Å². The standard InChI is InChI=1S/C24H36N6O/c1-18-9-12-20(21(15-18)31-17-19-10-11-19)16-27-24(25-2)26-13-6-8-23-29-28-22-7-4-3-5-14-30(22)23/h9,12,15,19H,3-8,10-11,13-14,16-17H2,1-2H3,(H2,25,26,27). The predicted octanol–water partition coefficient (Wildman–Crippen LogP) is 3.40. The Labute approximate surface area is 185 Å². The maximum absolute atomic E-state index is 6.09. The number of nitrogens with one attached hydrogen (secondary N) is 2. The predicted molar refractivity (Wildman–Crippen MR) is 123 cm³/mol. The largest absolute Gasteiger partial charge is 0.493 e. The Bertz CT molecular complexity index is 886. The van der Waals surface area contributed by atoms with Crippen LogP contribution >= 0.6 is 0 Å². The number of nitrogens with zero attached hydrogens (tertiary/aromatic N) is 4. The molecule has 1 aromatic heterocycles. The second-order valence-electron chi connectivity index (χ2n) is 8.82. The van der Waals surface area contributed by atoms with Crippen LogP contribution in [0, 0.1) is 12.8 Å². The number of fused-ring (bicyclic) bond motifs is 1. The molecule has 2 heterocycles. The van der Waals surface area contributed by atoms with Crippen LogP contribution in [0.15, 0.2) is 23.2 Å². The van der Waals surface area contributed by atoms with Gasteiger partial charge in [0.1, 0.15) is 17.4 Å². The summed E-state index contributed by atoms with van der Waals surface area (Å²) in [5, 5.41) is 15.7. The molecule has 0 spiro atoms. The molecule has 1 saturated carbocycles. The Hall–Kier alpha value is -2.57. The molecule has 2 aromatic rings. The van der Waals surface area contributed by atoms with Gasteiger partial charge in [-0.2, -0.15) is 0 Å². The van der Waals surface area contributed by atoms with E-state index in [2.05, 4.69) is 55.5 Å². The van der Waals surface area contributed by atoms with Gasteiger partial charge in [-0.1, -0.05) is 18.6 Å². The summed E-state index contributed by atoms with van der Waals surface area (Å²) >= 11 is 0. The highest BCUT2D eigenvalue weighted by molar-refractivity contribution is 5.79. The molecule has 4 rings (SSSR count). The van der Waals surface area contributed by atoms with Gasteiger partial charge in [-0.15, -0.1) is 10.2 Å². The van der Waals surface area contributed by atoms with Gasteiger partial charge < -0.3 is 19.9 Å². The zero-order chi connectivity index (χ0) is 21.5. The van der Waals surface area contributed by atoms with Crippen molar-refractivity contribution in [3.05, 3.63) is 41.0 Å². The fourth-order valence-corrected chi connectivity index (χ4v) is 4.02. The molecule has 1 aliphatic heterocycles. The van der Waals surface area contributed by atoms with E-state index in [1.165, 1.54) is 43.2 Å². The fraction of sp³-hybridized carbons (Fsp3) is 0.625. The van der Waals surface area contributed by atoms with Gasteiger partial charge in [-0.05, 0) is 56.6 Å². The molecule has 31 heavy (non-hydrogen) atoms. The van der Waals surface area contributed by atoms with Crippen molar-refractivity contribution >= 4 is 5.96 Å². The van der Waals surface area contributed by atoms with Crippen molar-refractivity contribution in [1.29, 1.82) is 0 Å². The SMILES string of the molecule is CN=C(NCCCc1nnc2n1CCCCC2)NCc1ccc(C)cc1OCC1CC1. The van der Waals surface area contributed by atoms with Crippen molar-refractivity contribution in [1.82, 2.24) is 25.4 Å². The summed E-state index contributed by atoms with van der Waals surface area (Å²) in [5.41, 5.74) is 2.39. The maximum atomic E-state index is 6.09. The van der Waals surface area contributed by atoms with Crippen LogP contribution in [-0.2, 0) is 25.9 Å². The number of aliphatic imine (C=N–C) groups is 1. The fourth-order valence-electron chi connectivity index (χ4n) is 4.02. The number of guanidine groups is 1. The van der Waals surface area contributed by atoms with Crippen LogP contribution in [0.5, 0.6) is 5.75 Å². The average molecular weight is 425 g/mol. The van der Waals surface area contributed by atoms with Crippen molar-refractivity contribution < 1.29 is 4.74 Å². The van der Waals surface area contributed by atoms with E-state index in [1.807, 2.05) is 7.05 Å². The second kappa shape index (κ2) is 10.6. The lowest BCUT2D eigenvalue weighted by molar-refractivity contribution is 0.296. The van der Waals surface area contributed by atoms with Gasteiger partial charge in [0.05, 0.1) is 6.61 Å².